The molecule has 2 rings (SSSR count). The summed E-state index contributed by atoms with van der Waals surface area (Å²) < 4.78 is 1.99. The van der Waals surface area contributed by atoms with Crippen molar-refractivity contribution in [2.45, 2.75) is 17.7 Å². The fraction of sp³-hybridized carbons (Fsp3) is 0.231. The van der Waals surface area contributed by atoms with Gasteiger partial charge in [-0.1, -0.05) is 29.8 Å². The molecule has 0 unspecified atom stereocenters. The van der Waals surface area contributed by atoms with Crippen molar-refractivity contribution >= 4 is 27.7 Å². The zero-order valence-electron chi connectivity index (χ0n) is 10.2. The highest BCUT2D eigenvalue weighted by molar-refractivity contribution is 9.10. The van der Waals surface area contributed by atoms with Crippen LogP contribution in [0.1, 0.15) is 11.1 Å². The third-order valence-corrected chi connectivity index (χ3v) is 4.58. The highest BCUT2D eigenvalue weighted by Crippen LogP contribution is 2.25. The molecule has 94 valence electrons. The number of thioether (sulfide) groups is 1. The van der Waals surface area contributed by atoms with Gasteiger partial charge in [0.1, 0.15) is 9.50 Å². The smallest absolute Gasteiger partial charge is 0.268 e. The Kier molecular flexibility index (Phi) is 4.24. The highest BCUT2D eigenvalue weighted by atomic mass is 79.9. The molecule has 18 heavy (non-hydrogen) atoms. The predicted molar refractivity (Wildman–Crippen MR) is 77.9 cm³/mol. The van der Waals surface area contributed by atoms with Crippen molar-refractivity contribution in [2.75, 3.05) is 0 Å². The first kappa shape index (κ1) is 13.4. The van der Waals surface area contributed by atoms with Crippen LogP contribution in [0.25, 0.3) is 0 Å². The summed E-state index contributed by atoms with van der Waals surface area (Å²) >= 11 is 4.86. The summed E-state index contributed by atoms with van der Waals surface area (Å²) in [4.78, 5) is 16.0. The van der Waals surface area contributed by atoms with Crippen molar-refractivity contribution in [3.8, 4) is 0 Å². The Labute approximate surface area is 118 Å². The van der Waals surface area contributed by atoms with Crippen LogP contribution in [0.2, 0.25) is 0 Å². The Morgan fingerprint density at radius 1 is 1.33 bits per heavy atom. The number of aryl methyl sites for hydroxylation is 2. The molecule has 0 saturated heterocycles. The summed E-state index contributed by atoms with van der Waals surface area (Å²) in [6, 6.07) is 8.36. The lowest BCUT2D eigenvalue weighted by Gasteiger charge is -2.05. The van der Waals surface area contributed by atoms with Crippen molar-refractivity contribution in [2.24, 2.45) is 7.05 Å². The minimum absolute atomic E-state index is 0.0589. The van der Waals surface area contributed by atoms with E-state index in [4.69, 9.17) is 0 Å². The van der Waals surface area contributed by atoms with E-state index in [1.165, 1.54) is 15.7 Å². The van der Waals surface area contributed by atoms with Gasteiger partial charge < -0.3 is 4.57 Å². The molecule has 0 bridgehead atoms. The summed E-state index contributed by atoms with van der Waals surface area (Å²) in [5, 5.41) is 0.735. The van der Waals surface area contributed by atoms with Crippen LogP contribution in [-0.2, 0) is 12.8 Å². The maximum atomic E-state index is 11.7. The molecule has 0 N–H and O–H groups in total. The van der Waals surface area contributed by atoms with Gasteiger partial charge in [-0.3, -0.25) is 4.79 Å². The number of benzene rings is 1. The summed E-state index contributed by atoms with van der Waals surface area (Å²) in [7, 11) is 1.69. The molecule has 0 spiro atoms. The molecule has 0 saturated carbocycles. The van der Waals surface area contributed by atoms with E-state index in [0.29, 0.717) is 4.47 Å². The fourth-order valence-electron chi connectivity index (χ4n) is 1.43. The van der Waals surface area contributed by atoms with Crippen LogP contribution in [0, 0.1) is 6.92 Å². The Bertz CT molecular complexity index is 607. The van der Waals surface area contributed by atoms with Crippen LogP contribution in [0.3, 0.4) is 0 Å². The van der Waals surface area contributed by atoms with Gasteiger partial charge in [0.15, 0.2) is 0 Å². The van der Waals surface area contributed by atoms with Gasteiger partial charge in [0.25, 0.3) is 5.56 Å². The first-order valence-corrected chi connectivity index (χ1v) is 7.25. The maximum absolute atomic E-state index is 11.7. The second kappa shape index (κ2) is 5.71. The molecule has 1 aromatic carbocycles. The van der Waals surface area contributed by atoms with Gasteiger partial charge in [-0.15, -0.1) is 11.8 Å². The van der Waals surface area contributed by atoms with E-state index in [2.05, 4.69) is 52.1 Å². The molecule has 0 radical (unpaired) electrons. The lowest BCUT2D eigenvalue weighted by atomic mass is 10.2. The van der Waals surface area contributed by atoms with Crippen molar-refractivity contribution in [1.29, 1.82) is 0 Å². The van der Waals surface area contributed by atoms with Crippen LogP contribution >= 0.6 is 27.7 Å². The monoisotopic (exact) mass is 324 g/mol. The van der Waals surface area contributed by atoms with Gasteiger partial charge in [0.05, 0.1) is 6.33 Å². The first-order valence-electron chi connectivity index (χ1n) is 5.47. The Balaban J connectivity index is 2.13. The molecule has 0 aliphatic carbocycles. The molecule has 0 aliphatic heterocycles. The van der Waals surface area contributed by atoms with E-state index in [0.717, 1.165) is 10.8 Å². The molecule has 5 heteroatoms. The third-order valence-electron chi connectivity index (χ3n) is 2.54. The van der Waals surface area contributed by atoms with Crippen LogP contribution < -0.4 is 5.56 Å². The average Bonchev–Trinajstić information content (AvgIpc) is 2.37. The van der Waals surface area contributed by atoms with Gasteiger partial charge in [-0.05, 0) is 28.4 Å². The average molecular weight is 325 g/mol. The number of hydrogen-bond acceptors (Lipinski definition) is 3. The van der Waals surface area contributed by atoms with Gasteiger partial charge >= 0.3 is 0 Å². The van der Waals surface area contributed by atoms with Crippen molar-refractivity contribution in [3.63, 3.8) is 0 Å². The zero-order valence-corrected chi connectivity index (χ0v) is 12.6. The second-order valence-electron chi connectivity index (χ2n) is 4.05. The molecular formula is C13H13BrN2OS. The number of halogens is 1. The fourth-order valence-corrected chi connectivity index (χ4v) is 2.99. The molecular weight excluding hydrogens is 312 g/mol. The van der Waals surface area contributed by atoms with E-state index in [-0.39, 0.29) is 5.56 Å². The minimum atomic E-state index is -0.0589. The van der Waals surface area contributed by atoms with E-state index in [1.807, 2.05) is 0 Å². The number of nitrogens with zero attached hydrogens (tertiary/aromatic N) is 2. The quantitative estimate of drug-likeness (QED) is 0.642. The molecule has 0 atom stereocenters. The van der Waals surface area contributed by atoms with Gasteiger partial charge in [0.2, 0.25) is 0 Å². The molecule has 2 aromatic rings. The second-order valence-corrected chi connectivity index (χ2v) is 5.81. The molecule has 0 aliphatic rings. The van der Waals surface area contributed by atoms with Crippen molar-refractivity contribution < 1.29 is 0 Å². The van der Waals surface area contributed by atoms with Crippen LogP contribution in [-0.4, -0.2) is 9.55 Å². The first-order chi connectivity index (χ1) is 8.58. The highest BCUT2D eigenvalue weighted by Gasteiger charge is 2.08. The topological polar surface area (TPSA) is 34.9 Å². The number of hydrogen-bond donors (Lipinski definition) is 0. The summed E-state index contributed by atoms with van der Waals surface area (Å²) in [5.41, 5.74) is 2.41. The van der Waals surface area contributed by atoms with Crippen molar-refractivity contribution in [3.05, 3.63) is 56.5 Å². The number of aromatic nitrogens is 2. The molecule has 3 nitrogen and oxygen atoms in total. The van der Waals surface area contributed by atoms with Crippen LogP contribution in [0.4, 0.5) is 0 Å². The lowest BCUT2D eigenvalue weighted by Crippen LogP contribution is -2.18. The predicted octanol–water partition coefficient (Wildman–Crippen LogP) is 3.14. The third kappa shape index (κ3) is 3.03. The number of rotatable bonds is 3. The van der Waals surface area contributed by atoms with Crippen LogP contribution in [0.15, 0.2) is 44.9 Å². The molecule has 0 fully saturated rings. The zero-order chi connectivity index (χ0) is 13.1. The van der Waals surface area contributed by atoms with E-state index >= 15 is 0 Å². The Hall–Kier alpha value is -1.07. The lowest BCUT2D eigenvalue weighted by molar-refractivity contribution is 0.786. The van der Waals surface area contributed by atoms with Gasteiger partial charge in [0, 0.05) is 12.8 Å². The summed E-state index contributed by atoms with van der Waals surface area (Å²) in [5.74, 6) is 0.805. The largest absolute Gasteiger partial charge is 0.301 e. The summed E-state index contributed by atoms with van der Waals surface area (Å²) in [6.07, 6.45) is 1.55. The van der Waals surface area contributed by atoms with Gasteiger partial charge in [-0.25, -0.2) is 4.98 Å². The normalized spacial score (nSPS) is 10.6. The van der Waals surface area contributed by atoms with Crippen LogP contribution in [0.5, 0.6) is 0 Å². The molecule has 0 amide bonds. The van der Waals surface area contributed by atoms with E-state index < -0.39 is 0 Å². The molecule has 1 aromatic heterocycles. The standard InChI is InChI=1S/C13H13BrN2OS/c1-9-3-5-10(6-4-9)7-18-12-11(14)13(17)16(2)8-15-12/h3-6,8H,7H2,1-2H3. The molecule has 1 heterocycles. The summed E-state index contributed by atoms with van der Waals surface area (Å²) in [6.45, 7) is 2.07. The van der Waals surface area contributed by atoms with Crippen molar-refractivity contribution in [1.82, 2.24) is 9.55 Å². The Morgan fingerprint density at radius 3 is 2.67 bits per heavy atom. The van der Waals surface area contributed by atoms with E-state index in [9.17, 15) is 4.79 Å². The minimum Gasteiger partial charge on any atom is -0.301 e. The van der Waals surface area contributed by atoms with E-state index in [1.54, 1.807) is 25.1 Å². The maximum Gasteiger partial charge on any atom is 0.268 e. The SMILES string of the molecule is Cc1ccc(CSc2ncn(C)c(=O)c2Br)cc1. The Morgan fingerprint density at radius 2 is 2.00 bits per heavy atom. The van der Waals surface area contributed by atoms with Gasteiger partial charge in [-0.2, -0.15) is 0 Å².